The molecule has 0 N–H and O–H groups in total. The fourth-order valence-corrected chi connectivity index (χ4v) is 5.13. The second-order valence-electron chi connectivity index (χ2n) is 7.72. The Hall–Kier alpha value is -3.12. The highest BCUT2D eigenvalue weighted by molar-refractivity contribution is 5.93. The van der Waals surface area contributed by atoms with Crippen molar-refractivity contribution in [1.29, 1.82) is 0 Å². The van der Waals surface area contributed by atoms with Gasteiger partial charge in [0.25, 0.3) is 0 Å². The summed E-state index contributed by atoms with van der Waals surface area (Å²) in [6, 6.07) is 22.3. The normalized spacial score (nSPS) is 22.4. The van der Waals surface area contributed by atoms with E-state index in [-0.39, 0.29) is 0 Å². The molecule has 0 bridgehead atoms. The Morgan fingerprint density at radius 2 is 1.48 bits per heavy atom. The first-order valence-electron chi connectivity index (χ1n) is 9.75. The maximum absolute atomic E-state index is 2.45. The van der Waals surface area contributed by atoms with Crippen molar-refractivity contribution in [3.05, 3.63) is 119 Å². The summed E-state index contributed by atoms with van der Waals surface area (Å²) in [6.45, 7) is 0. The van der Waals surface area contributed by atoms with Crippen LogP contribution in [0.15, 0.2) is 96.6 Å². The zero-order chi connectivity index (χ0) is 17.8. The fourth-order valence-electron chi connectivity index (χ4n) is 5.13. The second-order valence-corrected chi connectivity index (χ2v) is 7.72. The first-order valence-corrected chi connectivity index (χ1v) is 9.75. The van der Waals surface area contributed by atoms with Crippen LogP contribution >= 0.6 is 0 Å². The molecule has 0 saturated carbocycles. The quantitative estimate of drug-likeness (QED) is 0.475. The van der Waals surface area contributed by atoms with E-state index < -0.39 is 0 Å². The summed E-state index contributed by atoms with van der Waals surface area (Å²) in [5.74, 6) is 1.20. The zero-order valence-corrected chi connectivity index (χ0v) is 15.0. The minimum atomic E-state index is 0.392. The molecule has 3 aliphatic carbocycles. The third-order valence-corrected chi connectivity index (χ3v) is 6.33. The van der Waals surface area contributed by atoms with E-state index in [9.17, 15) is 0 Å². The summed E-state index contributed by atoms with van der Waals surface area (Å²) < 4.78 is 0. The average Bonchev–Trinajstić information content (AvgIpc) is 3.45. The molecule has 27 heavy (non-hydrogen) atoms. The minimum absolute atomic E-state index is 0.392. The van der Waals surface area contributed by atoms with Gasteiger partial charge in [0.1, 0.15) is 0 Å². The van der Waals surface area contributed by atoms with Crippen LogP contribution in [0, 0.1) is 5.92 Å². The minimum Gasteiger partial charge on any atom is -0.0754 e. The van der Waals surface area contributed by atoms with Crippen molar-refractivity contribution < 1.29 is 0 Å². The van der Waals surface area contributed by atoms with Gasteiger partial charge in [0, 0.05) is 17.8 Å². The van der Waals surface area contributed by atoms with Gasteiger partial charge in [-0.2, -0.15) is 0 Å². The maximum Gasteiger partial charge on any atom is 0.0176 e. The molecule has 3 aliphatic rings. The molecule has 2 atom stereocenters. The number of rotatable bonds is 2. The second kappa shape index (κ2) is 5.69. The van der Waals surface area contributed by atoms with Gasteiger partial charge in [-0.25, -0.2) is 0 Å². The Balaban J connectivity index is 1.59. The molecule has 0 fully saturated rings. The lowest BCUT2D eigenvalue weighted by molar-refractivity contribution is 0.685. The van der Waals surface area contributed by atoms with E-state index in [1.54, 1.807) is 0 Å². The van der Waals surface area contributed by atoms with Crippen molar-refractivity contribution in [1.82, 2.24) is 0 Å². The lowest BCUT2D eigenvalue weighted by atomic mass is 9.76. The lowest BCUT2D eigenvalue weighted by Crippen LogP contribution is -2.13. The van der Waals surface area contributed by atoms with Crippen molar-refractivity contribution >= 4 is 22.9 Å². The van der Waals surface area contributed by atoms with E-state index in [2.05, 4.69) is 103 Å². The third kappa shape index (κ3) is 2.16. The first-order chi connectivity index (χ1) is 13.4. The van der Waals surface area contributed by atoms with Crippen LogP contribution in [0.1, 0.15) is 34.1 Å². The molecule has 0 radical (unpaired) electrons. The van der Waals surface area contributed by atoms with Gasteiger partial charge in [-0.15, -0.1) is 0 Å². The highest BCUT2D eigenvalue weighted by Crippen LogP contribution is 2.53. The summed E-state index contributed by atoms with van der Waals surface area (Å²) in [5.41, 5.74) is 7.24. The smallest absolute Gasteiger partial charge is 0.0176 e. The third-order valence-electron chi connectivity index (χ3n) is 6.33. The summed E-state index contributed by atoms with van der Waals surface area (Å²) in [5, 5.41) is 2.73. The summed E-state index contributed by atoms with van der Waals surface area (Å²) in [6.07, 6.45) is 16.2. The predicted molar refractivity (Wildman–Crippen MR) is 115 cm³/mol. The van der Waals surface area contributed by atoms with Gasteiger partial charge in [0.15, 0.2) is 0 Å². The summed E-state index contributed by atoms with van der Waals surface area (Å²) in [4.78, 5) is 0. The molecule has 0 aliphatic heterocycles. The van der Waals surface area contributed by atoms with Gasteiger partial charge in [0.05, 0.1) is 0 Å². The molecule has 0 spiro atoms. The van der Waals surface area contributed by atoms with Crippen LogP contribution in [0.25, 0.3) is 22.9 Å². The van der Waals surface area contributed by atoms with Gasteiger partial charge in [-0.1, -0.05) is 109 Å². The molecule has 128 valence electrons. The van der Waals surface area contributed by atoms with Gasteiger partial charge in [-0.3, -0.25) is 0 Å². The van der Waals surface area contributed by atoms with Crippen molar-refractivity contribution in [2.24, 2.45) is 5.92 Å². The molecule has 6 rings (SSSR count). The molecule has 0 heteroatoms. The Labute approximate surface area is 159 Å². The molecular weight excluding hydrogens is 324 g/mol. The van der Waals surface area contributed by atoms with E-state index in [1.807, 2.05) is 0 Å². The summed E-state index contributed by atoms with van der Waals surface area (Å²) >= 11 is 0. The van der Waals surface area contributed by atoms with Crippen LogP contribution in [-0.4, -0.2) is 0 Å². The van der Waals surface area contributed by atoms with Crippen molar-refractivity contribution in [3.8, 4) is 0 Å². The van der Waals surface area contributed by atoms with E-state index in [0.717, 1.165) is 0 Å². The van der Waals surface area contributed by atoms with E-state index in [0.29, 0.717) is 17.8 Å². The molecule has 0 amide bonds. The summed E-state index contributed by atoms with van der Waals surface area (Å²) in [7, 11) is 0. The van der Waals surface area contributed by atoms with Crippen molar-refractivity contribution in [2.75, 3.05) is 0 Å². The Kier molecular flexibility index (Phi) is 3.16. The highest BCUT2D eigenvalue weighted by Gasteiger charge is 2.37. The van der Waals surface area contributed by atoms with Crippen molar-refractivity contribution in [3.63, 3.8) is 0 Å². The first kappa shape index (κ1) is 15.0. The molecular formula is C27H20. The van der Waals surface area contributed by atoms with Gasteiger partial charge in [-0.05, 0) is 33.0 Å². The standard InChI is InChI=1S/C27H20/c1-2-8-18(7-1)25-17-21-14-13-20-10-4-6-12-23(20)26(21)27(25)24-16-15-19-9-3-5-11-22(19)24/h1-18,24,27H. The number of fused-ring (bicyclic) bond motifs is 4. The molecule has 0 saturated heterocycles. The van der Waals surface area contributed by atoms with E-state index in [1.165, 1.54) is 38.6 Å². The monoisotopic (exact) mass is 344 g/mol. The van der Waals surface area contributed by atoms with Gasteiger partial charge >= 0.3 is 0 Å². The van der Waals surface area contributed by atoms with Gasteiger partial charge < -0.3 is 0 Å². The van der Waals surface area contributed by atoms with Crippen LogP contribution in [0.2, 0.25) is 0 Å². The van der Waals surface area contributed by atoms with Gasteiger partial charge in [0.2, 0.25) is 0 Å². The molecule has 0 nitrogen and oxygen atoms in total. The molecule has 3 aromatic carbocycles. The Bertz CT molecular complexity index is 1170. The van der Waals surface area contributed by atoms with Crippen LogP contribution in [0.5, 0.6) is 0 Å². The number of allylic oxidation sites excluding steroid dienone is 6. The lowest BCUT2D eigenvalue weighted by Gasteiger charge is -2.27. The van der Waals surface area contributed by atoms with E-state index in [4.69, 9.17) is 0 Å². The molecule has 2 unspecified atom stereocenters. The zero-order valence-electron chi connectivity index (χ0n) is 15.0. The van der Waals surface area contributed by atoms with E-state index >= 15 is 0 Å². The Morgan fingerprint density at radius 3 is 2.41 bits per heavy atom. The van der Waals surface area contributed by atoms with Crippen LogP contribution in [0.3, 0.4) is 0 Å². The van der Waals surface area contributed by atoms with Crippen LogP contribution in [0.4, 0.5) is 0 Å². The average molecular weight is 344 g/mol. The highest BCUT2D eigenvalue weighted by atomic mass is 14.4. The predicted octanol–water partition coefficient (Wildman–Crippen LogP) is 6.87. The molecule has 0 aromatic heterocycles. The molecule has 3 aromatic rings. The largest absolute Gasteiger partial charge is 0.0754 e. The topological polar surface area (TPSA) is 0 Å². The molecule has 0 heterocycles. The van der Waals surface area contributed by atoms with Crippen LogP contribution in [-0.2, 0) is 0 Å². The van der Waals surface area contributed by atoms with Crippen LogP contribution < -0.4 is 0 Å². The fraction of sp³-hybridized carbons (Fsp3) is 0.111. The van der Waals surface area contributed by atoms with Crippen molar-refractivity contribution in [2.45, 2.75) is 11.8 Å². The number of hydrogen-bond donors (Lipinski definition) is 0. The maximum atomic E-state index is 2.45. The number of hydrogen-bond acceptors (Lipinski definition) is 0. The SMILES string of the molecule is C1=CC(C2=Cc3ccc4ccccc4c3C2C2C=Cc3ccccc32)C=C1. The Morgan fingerprint density at radius 1 is 0.667 bits per heavy atom. The number of benzene rings is 3.